The van der Waals surface area contributed by atoms with Gasteiger partial charge in [0.2, 0.25) is 0 Å². The minimum absolute atomic E-state index is 0.840. The zero-order chi connectivity index (χ0) is 10.7. The van der Waals surface area contributed by atoms with E-state index in [2.05, 4.69) is 44.6 Å². The van der Waals surface area contributed by atoms with Gasteiger partial charge in [-0.25, -0.2) is 4.98 Å². The molecule has 0 aliphatic carbocycles. The summed E-state index contributed by atoms with van der Waals surface area (Å²) in [6, 6.07) is 7.99. The molecule has 1 N–H and O–H groups in total. The van der Waals surface area contributed by atoms with Crippen molar-refractivity contribution < 1.29 is 0 Å². The number of aryl methyl sites for hydroxylation is 1. The van der Waals surface area contributed by atoms with Crippen molar-refractivity contribution in [2.75, 3.05) is 5.32 Å². The molecule has 0 unspecified atom stereocenters. The predicted octanol–water partition coefficient (Wildman–Crippen LogP) is 3.83. The molecule has 78 valence electrons. The molecule has 2 aromatic rings. The van der Waals surface area contributed by atoms with Crippen molar-refractivity contribution in [3.8, 4) is 0 Å². The number of hydrogen-bond acceptors (Lipinski definition) is 3. The van der Waals surface area contributed by atoms with E-state index in [1.54, 1.807) is 11.3 Å². The molecule has 2 rings (SSSR count). The molecule has 0 saturated carbocycles. The van der Waals surface area contributed by atoms with Gasteiger partial charge in [-0.2, -0.15) is 0 Å². The van der Waals surface area contributed by atoms with E-state index in [0.29, 0.717) is 0 Å². The molecule has 15 heavy (non-hydrogen) atoms. The number of thiophene rings is 1. The van der Waals surface area contributed by atoms with Gasteiger partial charge in [0.15, 0.2) is 0 Å². The van der Waals surface area contributed by atoms with Crippen LogP contribution in [0.5, 0.6) is 0 Å². The molecular formula is C11H11BrN2S. The summed E-state index contributed by atoms with van der Waals surface area (Å²) in [7, 11) is 0. The van der Waals surface area contributed by atoms with Crippen LogP contribution in [-0.4, -0.2) is 4.98 Å². The maximum atomic E-state index is 4.31. The third-order valence-corrected chi connectivity index (χ3v) is 3.58. The SMILES string of the molecule is Cc1ccsc1CNc1cccc(Br)n1. The lowest BCUT2D eigenvalue weighted by atomic mass is 10.3. The van der Waals surface area contributed by atoms with Gasteiger partial charge in [0.25, 0.3) is 0 Å². The molecule has 2 nitrogen and oxygen atoms in total. The van der Waals surface area contributed by atoms with Crippen molar-refractivity contribution in [1.82, 2.24) is 4.98 Å². The number of nitrogens with zero attached hydrogens (tertiary/aromatic N) is 1. The Morgan fingerprint density at radius 2 is 2.27 bits per heavy atom. The Bertz CT molecular complexity index is 453. The average Bonchev–Trinajstić information content (AvgIpc) is 2.61. The summed E-state index contributed by atoms with van der Waals surface area (Å²) in [6.45, 7) is 2.97. The molecule has 0 radical (unpaired) electrons. The third-order valence-electron chi connectivity index (χ3n) is 2.11. The first-order chi connectivity index (χ1) is 7.25. The number of halogens is 1. The molecule has 4 heteroatoms. The van der Waals surface area contributed by atoms with Gasteiger partial charge >= 0.3 is 0 Å². The van der Waals surface area contributed by atoms with E-state index in [4.69, 9.17) is 0 Å². The Hall–Kier alpha value is -0.870. The lowest BCUT2D eigenvalue weighted by molar-refractivity contribution is 1.12. The van der Waals surface area contributed by atoms with Gasteiger partial charge in [-0.15, -0.1) is 11.3 Å². The zero-order valence-corrected chi connectivity index (χ0v) is 10.7. The van der Waals surface area contributed by atoms with Gasteiger partial charge in [-0.1, -0.05) is 6.07 Å². The van der Waals surface area contributed by atoms with Crippen molar-refractivity contribution in [3.05, 3.63) is 44.7 Å². The van der Waals surface area contributed by atoms with Crippen molar-refractivity contribution in [3.63, 3.8) is 0 Å². The van der Waals surface area contributed by atoms with Crippen LogP contribution in [0.1, 0.15) is 10.4 Å². The van der Waals surface area contributed by atoms with Crippen LogP contribution in [0.3, 0.4) is 0 Å². The van der Waals surface area contributed by atoms with Crippen LogP contribution in [0.4, 0.5) is 5.82 Å². The van der Waals surface area contributed by atoms with E-state index in [0.717, 1.165) is 17.0 Å². The smallest absolute Gasteiger partial charge is 0.127 e. The van der Waals surface area contributed by atoms with Crippen LogP contribution in [0.25, 0.3) is 0 Å². The topological polar surface area (TPSA) is 24.9 Å². The molecule has 0 bridgehead atoms. The van der Waals surface area contributed by atoms with Gasteiger partial charge < -0.3 is 5.32 Å². The molecule has 2 aromatic heterocycles. The van der Waals surface area contributed by atoms with Crippen molar-refractivity contribution in [2.45, 2.75) is 13.5 Å². The molecule has 0 fully saturated rings. The fraction of sp³-hybridized carbons (Fsp3) is 0.182. The molecule has 0 spiro atoms. The van der Waals surface area contributed by atoms with Gasteiger partial charge in [0.05, 0.1) is 6.54 Å². The zero-order valence-electron chi connectivity index (χ0n) is 8.33. The number of rotatable bonds is 3. The standard InChI is InChI=1S/C11H11BrN2S/c1-8-5-6-15-9(8)7-13-11-4-2-3-10(12)14-11/h2-6H,7H2,1H3,(H,13,14). The highest BCUT2D eigenvalue weighted by Crippen LogP contribution is 2.17. The first kappa shape index (κ1) is 10.6. The maximum Gasteiger partial charge on any atom is 0.127 e. The fourth-order valence-corrected chi connectivity index (χ4v) is 2.45. The second-order valence-corrected chi connectivity index (χ2v) is 5.04. The molecule has 0 aliphatic heterocycles. The Morgan fingerprint density at radius 1 is 1.40 bits per heavy atom. The Balaban J connectivity index is 2.02. The van der Waals surface area contributed by atoms with Gasteiger partial charge in [-0.05, 0) is 52.0 Å². The Kier molecular flexibility index (Phi) is 3.38. The van der Waals surface area contributed by atoms with Crippen LogP contribution in [0.15, 0.2) is 34.2 Å². The summed E-state index contributed by atoms with van der Waals surface area (Å²) >= 11 is 5.12. The van der Waals surface area contributed by atoms with Gasteiger partial charge in [0, 0.05) is 4.88 Å². The molecule has 2 heterocycles. The van der Waals surface area contributed by atoms with E-state index in [1.165, 1.54) is 10.4 Å². The van der Waals surface area contributed by atoms with Crippen molar-refractivity contribution in [2.24, 2.45) is 0 Å². The quantitative estimate of drug-likeness (QED) is 0.866. The summed E-state index contributed by atoms with van der Waals surface area (Å²) in [4.78, 5) is 5.67. The fourth-order valence-electron chi connectivity index (χ4n) is 1.26. The normalized spacial score (nSPS) is 10.3. The van der Waals surface area contributed by atoms with Crippen LogP contribution in [0, 0.1) is 6.92 Å². The summed E-state index contributed by atoms with van der Waals surface area (Å²) < 4.78 is 0.857. The van der Waals surface area contributed by atoms with Crippen molar-refractivity contribution in [1.29, 1.82) is 0 Å². The van der Waals surface area contributed by atoms with Crippen LogP contribution < -0.4 is 5.32 Å². The Labute approximate surface area is 101 Å². The molecule has 0 atom stereocenters. The number of anilines is 1. The third kappa shape index (κ3) is 2.79. The lowest BCUT2D eigenvalue weighted by Crippen LogP contribution is -2.00. The highest BCUT2D eigenvalue weighted by Gasteiger charge is 2.00. The van der Waals surface area contributed by atoms with E-state index in [1.807, 2.05) is 18.2 Å². The van der Waals surface area contributed by atoms with E-state index in [9.17, 15) is 0 Å². The van der Waals surface area contributed by atoms with E-state index in [-0.39, 0.29) is 0 Å². The number of pyridine rings is 1. The second kappa shape index (κ2) is 4.77. The van der Waals surface area contributed by atoms with E-state index >= 15 is 0 Å². The lowest BCUT2D eigenvalue weighted by Gasteiger charge is -2.04. The minimum Gasteiger partial charge on any atom is -0.365 e. The van der Waals surface area contributed by atoms with Crippen molar-refractivity contribution >= 4 is 33.1 Å². The van der Waals surface area contributed by atoms with Crippen LogP contribution in [0.2, 0.25) is 0 Å². The molecular weight excluding hydrogens is 272 g/mol. The first-order valence-electron chi connectivity index (χ1n) is 4.65. The maximum absolute atomic E-state index is 4.31. The molecule has 0 saturated heterocycles. The summed E-state index contributed by atoms with van der Waals surface area (Å²) in [5.41, 5.74) is 1.34. The minimum atomic E-state index is 0.840. The van der Waals surface area contributed by atoms with Crippen LogP contribution >= 0.6 is 27.3 Å². The number of hydrogen-bond donors (Lipinski definition) is 1. The molecule has 0 amide bonds. The number of nitrogens with one attached hydrogen (secondary N) is 1. The monoisotopic (exact) mass is 282 g/mol. The van der Waals surface area contributed by atoms with Gasteiger partial charge in [0.1, 0.15) is 10.4 Å². The largest absolute Gasteiger partial charge is 0.365 e. The van der Waals surface area contributed by atoms with E-state index < -0.39 is 0 Å². The molecule has 0 aromatic carbocycles. The van der Waals surface area contributed by atoms with Gasteiger partial charge in [-0.3, -0.25) is 0 Å². The first-order valence-corrected chi connectivity index (χ1v) is 6.32. The average molecular weight is 283 g/mol. The highest BCUT2D eigenvalue weighted by atomic mass is 79.9. The number of aromatic nitrogens is 1. The van der Waals surface area contributed by atoms with Crippen LogP contribution in [-0.2, 0) is 6.54 Å². The summed E-state index contributed by atoms with van der Waals surface area (Å²) in [5, 5.41) is 5.41. The Morgan fingerprint density at radius 3 is 2.93 bits per heavy atom. The highest BCUT2D eigenvalue weighted by molar-refractivity contribution is 9.10. The summed E-state index contributed by atoms with van der Waals surface area (Å²) in [6.07, 6.45) is 0. The second-order valence-electron chi connectivity index (χ2n) is 3.23. The predicted molar refractivity (Wildman–Crippen MR) is 68.3 cm³/mol. The summed E-state index contributed by atoms with van der Waals surface area (Å²) in [5.74, 6) is 0.900. The molecule has 0 aliphatic rings.